The molecule has 25 heavy (non-hydrogen) atoms. The lowest BCUT2D eigenvalue weighted by atomic mass is 9.82. The number of amides is 2. The first-order valence-electron chi connectivity index (χ1n) is 7.90. The molecule has 0 spiro atoms. The van der Waals surface area contributed by atoms with Gasteiger partial charge in [0.1, 0.15) is 12.4 Å². The van der Waals surface area contributed by atoms with E-state index in [4.69, 9.17) is 4.74 Å². The van der Waals surface area contributed by atoms with Gasteiger partial charge in [-0.3, -0.25) is 14.5 Å². The van der Waals surface area contributed by atoms with Crippen LogP contribution in [0.5, 0.6) is 0 Å². The molecule has 132 valence electrons. The molecule has 0 saturated carbocycles. The van der Waals surface area contributed by atoms with Crippen molar-refractivity contribution in [1.29, 1.82) is 0 Å². The number of carboxylic acids is 1. The summed E-state index contributed by atoms with van der Waals surface area (Å²) in [6.07, 6.45) is 3.48. The van der Waals surface area contributed by atoms with Crippen LogP contribution < -0.4 is 10.2 Å². The first-order valence-corrected chi connectivity index (χ1v) is 7.90. The van der Waals surface area contributed by atoms with Gasteiger partial charge in [-0.05, 0) is 31.0 Å². The minimum Gasteiger partial charge on any atom is -0.481 e. The Kier molecular flexibility index (Phi) is 4.69. The van der Waals surface area contributed by atoms with Gasteiger partial charge in [0, 0.05) is 5.69 Å². The van der Waals surface area contributed by atoms with E-state index in [9.17, 15) is 23.9 Å². The van der Waals surface area contributed by atoms with Crippen LogP contribution in [0.4, 0.5) is 20.6 Å². The third kappa shape index (κ3) is 3.47. The maximum atomic E-state index is 14.1. The molecule has 1 aliphatic carbocycles. The fraction of sp³-hybridized carbons (Fsp3) is 0.353. The van der Waals surface area contributed by atoms with E-state index in [0.717, 1.165) is 6.07 Å². The Hall–Kier alpha value is -2.90. The molecule has 2 unspecified atom stereocenters. The number of carboxylic acid groups (broad SMARTS) is 1. The SMILES string of the molecule is O=C(O)C1CC=CCC1C(=O)Nc1cc(N2CCOC2=O)ccc1F. The van der Waals surface area contributed by atoms with E-state index in [-0.39, 0.29) is 25.1 Å². The van der Waals surface area contributed by atoms with Crippen LogP contribution in [0.2, 0.25) is 0 Å². The molecule has 0 aromatic heterocycles. The summed E-state index contributed by atoms with van der Waals surface area (Å²) in [7, 11) is 0. The van der Waals surface area contributed by atoms with E-state index in [0.29, 0.717) is 12.2 Å². The minimum atomic E-state index is -1.06. The fourth-order valence-corrected chi connectivity index (χ4v) is 3.01. The van der Waals surface area contributed by atoms with Crippen LogP contribution in [-0.4, -0.2) is 36.2 Å². The van der Waals surface area contributed by atoms with E-state index in [1.807, 2.05) is 0 Å². The van der Waals surface area contributed by atoms with Gasteiger partial charge in [0.2, 0.25) is 5.91 Å². The number of carbonyl (C=O) groups excluding carboxylic acids is 2. The third-order valence-electron chi connectivity index (χ3n) is 4.37. The van der Waals surface area contributed by atoms with Crippen molar-refractivity contribution in [2.24, 2.45) is 11.8 Å². The van der Waals surface area contributed by atoms with Gasteiger partial charge in [-0.15, -0.1) is 0 Å². The Morgan fingerprint density at radius 3 is 2.60 bits per heavy atom. The molecule has 1 fully saturated rings. The molecule has 3 rings (SSSR count). The number of aliphatic carboxylic acids is 1. The third-order valence-corrected chi connectivity index (χ3v) is 4.37. The van der Waals surface area contributed by atoms with E-state index in [2.05, 4.69) is 5.32 Å². The molecule has 2 amide bonds. The van der Waals surface area contributed by atoms with E-state index in [1.165, 1.54) is 17.0 Å². The lowest BCUT2D eigenvalue weighted by Crippen LogP contribution is -2.35. The lowest BCUT2D eigenvalue weighted by molar-refractivity contribution is -0.146. The second-order valence-electron chi connectivity index (χ2n) is 5.91. The fourth-order valence-electron chi connectivity index (χ4n) is 3.01. The van der Waals surface area contributed by atoms with Gasteiger partial charge in [0.05, 0.1) is 24.1 Å². The van der Waals surface area contributed by atoms with Gasteiger partial charge in [-0.1, -0.05) is 12.2 Å². The monoisotopic (exact) mass is 348 g/mol. The number of benzene rings is 1. The summed E-state index contributed by atoms with van der Waals surface area (Å²) in [5.74, 6) is -3.90. The summed E-state index contributed by atoms with van der Waals surface area (Å²) in [5.41, 5.74) is 0.304. The van der Waals surface area contributed by atoms with Gasteiger partial charge in [-0.2, -0.15) is 0 Å². The Balaban J connectivity index is 1.79. The van der Waals surface area contributed by atoms with Crippen LogP contribution in [0.3, 0.4) is 0 Å². The number of hydrogen-bond acceptors (Lipinski definition) is 4. The normalized spacial score (nSPS) is 22.6. The predicted octanol–water partition coefficient (Wildman–Crippen LogP) is 2.39. The molecule has 1 saturated heterocycles. The molecule has 2 N–H and O–H groups in total. The molecule has 1 aromatic rings. The number of anilines is 2. The van der Waals surface area contributed by atoms with Gasteiger partial charge >= 0.3 is 12.1 Å². The van der Waals surface area contributed by atoms with Gasteiger partial charge in [-0.25, -0.2) is 9.18 Å². The molecule has 1 heterocycles. The number of cyclic esters (lactones) is 1. The molecule has 2 atom stereocenters. The van der Waals surface area contributed by atoms with Crippen molar-refractivity contribution < 1.29 is 28.6 Å². The summed E-state index contributed by atoms with van der Waals surface area (Å²) in [5, 5.41) is 11.7. The predicted molar refractivity (Wildman–Crippen MR) is 86.7 cm³/mol. The van der Waals surface area contributed by atoms with Crippen LogP contribution in [0.1, 0.15) is 12.8 Å². The highest BCUT2D eigenvalue weighted by Crippen LogP contribution is 2.29. The summed E-state index contributed by atoms with van der Waals surface area (Å²) >= 11 is 0. The summed E-state index contributed by atoms with van der Waals surface area (Å²) in [6.45, 7) is 0.582. The lowest BCUT2D eigenvalue weighted by Gasteiger charge is -2.24. The zero-order valence-corrected chi connectivity index (χ0v) is 13.3. The maximum absolute atomic E-state index is 14.1. The van der Waals surface area contributed by atoms with Gasteiger partial charge in [0.25, 0.3) is 0 Å². The number of rotatable bonds is 4. The number of hydrogen-bond donors (Lipinski definition) is 2. The van der Waals surface area contributed by atoms with Crippen LogP contribution in [0.15, 0.2) is 30.4 Å². The number of allylic oxidation sites excluding steroid dienone is 2. The molecule has 0 bridgehead atoms. The quantitative estimate of drug-likeness (QED) is 0.815. The smallest absolute Gasteiger partial charge is 0.414 e. The molecule has 8 heteroatoms. The molecule has 1 aromatic carbocycles. The van der Waals surface area contributed by atoms with Crippen molar-refractivity contribution >= 4 is 29.3 Å². The minimum absolute atomic E-state index is 0.0964. The first kappa shape index (κ1) is 16.9. The average Bonchev–Trinajstić information content (AvgIpc) is 3.02. The molecule has 0 radical (unpaired) electrons. The van der Waals surface area contributed by atoms with Crippen molar-refractivity contribution in [3.8, 4) is 0 Å². The van der Waals surface area contributed by atoms with Crippen LogP contribution in [0.25, 0.3) is 0 Å². The Labute approximate surface area is 143 Å². The number of nitrogens with one attached hydrogen (secondary N) is 1. The maximum Gasteiger partial charge on any atom is 0.414 e. The van der Waals surface area contributed by atoms with Crippen molar-refractivity contribution in [1.82, 2.24) is 0 Å². The zero-order valence-electron chi connectivity index (χ0n) is 13.3. The Morgan fingerprint density at radius 1 is 1.24 bits per heavy atom. The van der Waals surface area contributed by atoms with E-state index in [1.54, 1.807) is 12.2 Å². The van der Waals surface area contributed by atoms with Crippen molar-refractivity contribution in [3.63, 3.8) is 0 Å². The molecule has 1 aliphatic heterocycles. The topological polar surface area (TPSA) is 95.9 Å². The summed E-state index contributed by atoms with van der Waals surface area (Å²) in [6, 6.07) is 3.90. The number of halogens is 1. The molecular weight excluding hydrogens is 331 g/mol. The van der Waals surface area contributed by atoms with Crippen molar-refractivity contribution in [2.45, 2.75) is 12.8 Å². The highest BCUT2D eigenvalue weighted by molar-refractivity contribution is 5.97. The van der Waals surface area contributed by atoms with Crippen molar-refractivity contribution in [2.75, 3.05) is 23.4 Å². The van der Waals surface area contributed by atoms with Gasteiger partial charge < -0.3 is 15.2 Å². The summed E-state index contributed by atoms with van der Waals surface area (Å²) in [4.78, 5) is 36.7. The highest BCUT2D eigenvalue weighted by Gasteiger charge is 2.34. The van der Waals surface area contributed by atoms with Crippen LogP contribution in [0, 0.1) is 17.7 Å². The largest absolute Gasteiger partial charge is 0.481 e. The van der Waals surface area contributed by atoms with E-state index >= 15 is 0 Å². The number of nitrogens with zero attached hydrogens (tertiary/aromatic N) is 1. The summed E-state index contributed by atoms with van der Waals surface area (Å²) < 4.78 is 18.9. The molecular formula is C17H17FN2O5. The van der Waals surface area contributed by atoms with Crippen LogP contribution >= 0.6 is 0 Å². The second kappa shape index (κ2) is 6.92. The standard InChI is InChI=1S/C17H17FN2O5/c18-13-6-5-10(20-7-8-25-17(20)24)9-14(13)19-15(21)11-3-1-2-4-12(11)16(22)23/h1-2,5-6,9,11-12H,3-4,7-8H2,(H,19,21)(H,22,23). The van der Waals surface area contributed by atoms with E-state index < -0.39 is 35.6 Å². The first-order chi connectivity index (χ1) is 12.0. The average molecular weight is 348 g/mol. The second-order valence-corrected chi connectivity index (χ2v) is 5.91. The zero-order chi connectivity index (χ0) is 18.0. The number of ether oxygens (including phenoxy) is 1. The van der Waals surface area contributed by atoms with Gasteiger partial charge in [0.15, 0.2) is 0 Å². The molecule has 2 aliphatic rings. The Morgan fingerprint density at radius 2 is 1.96 bits per heavy atom. The highest BCUT2D eigenvalue weighted by atomic mass is 19.1. The molecule has 7 nitrogen and oxygen atoms in total. The van der Waals surface area contributed by atoms with Crippen LogP contribution in [-0.2, 0) is 14.3 Å². The van der Waals surface area contributed by atoms with Crippen molar-refractivity contribution in [3.05, 3.63) is 36.2 Å². The Bertz CT molecular complexity index is 749. The number of carbonyl (C=O) groups is 3.